The van der Waals surface area contributed by atoms with Gasteiger partial charge in [0.05, 0.1) is 0 Å². The molecule has 0 amide bonds. The number of ether oxygens (including phenoxy) is 1. The van der Waals surface area contributed by atoms with E-state index in [0.717, 1.165) is 22.3 Å². The molecule has 7 heteroatoms. The molecule has 2 aromatic carbocycles. The first kappa shape index (κ1) is 20.0. The van der Waals surface area contributed by atoms with E-state index in [-0.39, 0.29) is 30.3 Å². The summed E-state index contributed by atoms with van der Waals surface area (Å²) in [6.07, 6.45) is 3.65. The van der Waals surface area contributed by atoms with E-state index in [2.05, 4.69) is 15.0 Å². The minimum Gasteiger partial charge on any atom is -0.491 e. The first-order valence-corrected chi connectivity index (χ1v) is 9.60. The van der Waals surface area contributed by atoms with Crippen LogP contribution in [-0.2, 0) is 13.0 Å². The van der Waals surface area contributed by atoms with Gasteiger partial charge in [-0.05, 0) is 34.4 Å². The molecule has 0 bridgehead atoms. The minimum atomic E-state index is -1.30. The first-order valence-electron chi connectivity index (χ1n) is 9.60. The van der Waals surface area contributed by atoms with Gasteiger partial charge in [0.15, 0.2) is 5.69 Å². The smallest absolute Gasteiger partial charge is 0.358 e. The molecule has 154 valence electrons. The van der Waals surface area contributed by atoms with E-state index in [4.69, 9.17) is 4.74 Å². The summed E-state index contributed by atoms with van der Waals surface area (Å²) in [4.78, 5) is 24.1. The summed E-state index contributed by atoms with van der Waals surface area (Å²) in [6.45, 7) is 0.0856. The van der Waals surface area contributed by atoms with Crippen LogP contribution in [-0.4, -0.2) is 31.1 Å². The van der Waals surface area contributed by atoms with Gasteiger partial charge in [-0.2, -0.15) is 4.98 Å². The van der Waals surface area contributed by atoms with E-state index in [9.17, 15) is 15.0 Å². The molecule has 2 heterocycles. The summed E-state index contributed by atoms with van der Waals surface area (Å²) < 4.78 is 5.55. The fourth-order valence-electron chi connectivity index (χ4n) is 3.23. The number of rotatable bonds is 7. The van der Waals surface area contributed by atoms with Crippen molar-refractivity contribution in [3.63, 3.8) is 0 Å². The summed E-state index contributed by atoms with van der Waals surface area (Å²) in [5.41, 5.74) is 3.26. The van der Waals surface area contributed by atoms with Crippen LogP contribution in [0.1, 0.15) is 27.4 Å². The second kappa shape index (κ2) is 9.04. The van der Waals surface area contributed by atoms with Crippen LogP contribution >= 0.6 is 0 Å². The fraction of sp³-hybridized carbons (Fsp3) is 0.0833. The molecule has 0 saturated carbocycles. The van der Waals surface area contributed by atoms with Gasteiger partial charge < -0.3 is 14.9 Å². The number of hydrogen-bond donors (Lipinski definition) is 2. The van der Waals surface area contributed by atoms with Crippen LogP contribution < -0.4 is 4.74 Å². The molecule has 0 fully saturated rings. The highest BCUT2D eigenvalue weighted by molar-refractivity contribution is 5.89. The number of benzene rings is 2. The molecule has 0 radical (unpaired) electrons. The lowest BCUT2D eigenvalue weighted by atomic mass is 9.98. The number of aromatic carboxylic acids is 1. The highest BCUT2D eigenvalue weighted by Gasteiger charge is 2.22. The third kappa shape index (κ3) is 4.67. The summed E-state index contributed by atoms with van der Waals surface area (Å²) in [6, 6.07) is 20.7. The molecular formula is C24H19N3O4. The highest BCUT2D eigenvalue weighted by atomic mass is 16.5. The van der Waals surface area contributed by atoms with Crippen molar-refractivity contribution in [3.8, 4) is 22.8 Å². The largest absolute Gasteiger partial charge is 0.491 e. The third-order valence-corrected chi connectivity index (χ3v) is 4.68. The molecule has 0 spiro atoms. The Kier molecular flexibility index (Phi) is 5.84. The van der Waals surface area contributed by atoms with Crippen molar-refractivity contribution in [3.05, 3.63) is 102 Å². The number of nitrogens with zero attached hydrogens (tertiary/aromatic N) is 3. The third-order valence-electron chi connectivity index (χ3n) is 4.68. The monoisotopic (exact) mass is 413 g/mol. The number of aromatic hydroxyl groups is 1. The molecule has 0 aliphatic heterocycles. The van der Waals surface area contributed by atoms with Crippen molar-refractivity contribution >= 4 is 5.97 Å². The number of carboxylic acid groups (broad SMARTS) is 1. The molecule has 2 N–H and O–H groups in total. The van der Waals surface area contributed by atoms with Crippen molar-refractivity contribution in [2.45, 2.75) is 13.0 Å². The Balaban J connectivity index is 1.64. The molecular weight excluding hydrogens is 394 g/mol. The second-order valence-corrected chi connectivity index (χ2v) is 6.79. The summed E-state index contributed by atoms with van der Waals surface area (Å²) in [5.74, 6) is -1.87. The predicted molar refractivity (Wildman–Crippen MR) is 114 cm³/mol. The van der Waals surface area contributed by atoms with E-state index >= 15 is 0 Å². The lowest BCUT2D eigenvalue weighted by Gasteiger charge is -2.13. The maximum atomic E-state index is 11.8. The molecule has 4 aromatic rings. The van der Waals surface area contributed by atoms with Crippen LogP contribution in [0.3, 0.4) is 0 Å². The Morgan fingerprint density at radius 1 is 0.903 bits per heavy atom. The number of aromatic nitrogens is 3. The summed E-state index contributed by atoms with van der Waals surface area (Å²) in [5, 5.41) is 20.0. The van der Waals surface area contributed by atoms with Crippen LogP contribution in [0, 0.1) is 0 Å². The number of hydrogen-bond acceptors (Lipinski definition) is 6. The van der Waals surface area contributed by atoms with Gasteiger partial charge in [-0.3, -0.25) is 4.98 Å². The van der Waals surface area contributed by atoms with Crippen LogP contribution in [0.25, 0.3) is 11.1 Å². The van der Waals surface area contributed by atoms with E-state index in [1.54, 1.807) is 12.4 Å². The van der Waals surface area contributed by atoms with Crippen molar-refractivity contribution in [2.75, 3.05) is 0 Å². The van der Waals surface area contributed by atoms with Gasteiger partial charge in [0.2, 0.25) is 5.75 Å². The molecule has 0 aliphatic carbocycles. The molecule has 2 aromatic heterocycles. The van der Waals surface area contributed by atoms with Crippen molar-refractivity contribution in [1.82, 2.24) is 15.0 Å². The van der Waals surface area contributed by atoms with Gasteiger partial charge >= 0.3 is 5.97 Å². The molecule has 0 aliphatic rings. The lowest BCUT2D eigenvalue weighted by Crippen LogP contribution is -2.10. The minimum absolute atomic E-state index is 0.0856. The van der Waals surface area contributed by atoms with E-state index in [0.29, 0.717) is 0 Å². The van der Waals surface area contributed by atoms with Crippen LogP contribution in [0.15, 0.2) is 79.1 Å². The van der Waals surface area contributed by atoms with Crippen LogP contribution in [0.2, 0.25) is 0 Å². The normalized spacial score (nSPS) is 10.6. The molecule has 0 atom stereocenters. The molecule has 31 heavy (non-hydrogen) atoms. The van der Waals surface area contributed by atoms with Gasteiger partial charge in [0.1, 0.15) is 12.4 Å². The number of carboxylic acids is 1. The first-order chi connectivity index (χ1) is 15.1. The average molecular weight is 413 g/mol. The van der Waals surface area contributed by atoms with Crippen molar-refractivity contribution < 1.29 is 19.7 Å². The van der Waals surface area contributed by atoms with Gasteiger partial charge in [-0.25, -0.2) is 9.78 Å². The van der Waals surface area contributed by atoms with E-state index in [1.165, 1.54) is 0 Å². The fourth-order valence-corrected chi connectivity index (χ4v) is 3.23. The van der Waals surface area contributed by atoms with Crippen molar-refractivity contribution in [1.29, 1.82) is 0 Å². The van der Waals surface area contributed by atoms with E-state index in [1.807, 2.05) is 66.7 Å². The SMILES string of the molecule is O=C(O)c1nc(Cc2ccccc2-c2ccncc2)nc(O)c1OCc1ccccc1. The Hall–Kier alpha value is -4.26. The second-order valence-electron chi connectivity index (χ2n) is 6.79. The standard InChI is InChI=1S/C24H19N3O4/c28-23-22(31-15-16-6-2-1-3-7-16)21(24(29)30)26-20(27-23)14-18-8-4-5-9-19(18)17-10-12-25-13-11-17/h1-13H,14-15H2,(H,29,30)(H,26,27,28). The zero-order valence-corrected chi connectivity index (χ0v) is 16.5. The Morgan fingerprint density at radius 2 is 1.61 bits per heavy atom. The quantitative estimate of drug-likeness (QED) is 0.470. The number of carbonyl (C=O) groups is 1. The van der Waals surface area contributed by atoms with Gasteiger partial charge in [0, 0.05) is 18.8 Å². The molecule has 7 nitrogen and oxygen atoms in total. The van der Waals surface area contributed by atoms with E-state index < -0.39 is 11.8 Å². The average Bonchev–Trinajstić information content (AvgIpc) is 2.79. The maximum Gasteiger partial charge on any atom is 0.358 e. The summed E-state index contributed by atoms with van der Waals surface area (Å²) in [7, 11) is 0. The Morgan fingerprint density at radius 3 is 2.35 bits per heavy atom. The zero-order valence-electron chi connectivity index (χ0n) is 16.5. The van der Waals surface area contributed by atoms with Crippen molar-refractivity contribution in [2.24, 2.45) is 0 Å². The Bertz CT molecular complexity index is 1200. The Labute approximate surface area is 178 Å². The number of pyridine rings is 1. The lowest BCUT2D eigenvalue weighted by molar-refractivity contribution is 0.0682. The van der Waals surface area contributed by atoms with Gasteiger partial charge in [-0.1, -0.05) is 54.6 Å². The predicted octanol–water partition coefficient (Wildman–Crippen LogP) is 4.11. The highest BCUT2D eigenvalue weighted by Crippen LogP contribution is 2.30. The molecule has 0 unspecified atom stereocenters. The van der Waals surface area contributed by atoms with Crippen LogP contribution in [0.5, 0.6) is 11.6 Å². The summed E-state index contributed by atoms with van der Waals surface area (Å²) >= 11 is 0. The zero-order chi connectivity index (χ0) is 21.6. The van der Waals surface area contributed by atoms with Gasteiger partial charge in [0.25, 0.3) is 5.88 Å². The topological polar surface area (TPSA) is 105 Å². The molecule has 4 rings (SSSR count). The van der Waals surface area contributed by atoms with Crippen LogP contribution in [0.4, 0.5) is 0 Å². The van der Waals surface area contributed by atoms with Gasteiger partial charge in [-0.15, -0.1) is 0 Å². The molecule has 0 saturated heterocycles. The maximum absolute atomic E-state index is 11.8.